The van der Waals surface area contributed by atoms with Gasteiger partial charge in [0.25, 0.3) is 5.91 Å². The van der Waals surface area contributed by atoms with Gasteiger partial charge in [-0.1, -0.05) is 35.4 Å². The largest absolute Gasteiger partial charge is 0.356 e. The third-order valence-electron chi connectivity index (χ3n) is 4.73. The first-order valence-corrected chi connectivity index (χ1v) is 11.2. The van der Waals surface area contributed by atoms with E-state index in [1.807, 2.05) is 0 Å². The molecule has 1 saturated heterocycles. The number of benzene rings is 1. The summed E-state index contributed by atoms with van der Waals surface area (Å²) in [5, 5.41) is 15.1. The average Bonchev–Trinajstić information content (AvgIpc) is 3.20. The summed E-state index contributed by atoms with van der Waals surface area (Å²) in [6.45, 7) is 4.09. The van der Waals surface area contributed by atoms with Crippen molar-refractivity contribution < 1.29 is 9.59 Å². The van der Waals surface area contributed by atoms with Crippen LogP contribution >= 0.6 is 22.9 Å². The summed E-state index contributed by atoms with van der Waals surface area (Å²) < 4.78 is 0. The molecule has 2 aromatic rings. The van der Waals surface area contributed by atoms with Gasteiger partial charge in [-0.15, -0.1) is 10.2 Å². The Labute approximate surface area is 179 Å². The standard InChI is InChI=1S/C20H26ClN5O2S/c21-15-6-4-7-16(14-15)23-19(28)20-25-24-18(29-20)9-8-17(27)22-10-5-13-26-11-2-1-3-12-26/h4,6-7,14H,1-3,5,8-13H2,(H,22,27)(H,23,28). The number of hydrogen-bond acceptors (Lipinski definition) is 6. The Bertz CT molecular complexity index is 823. The molecule has 156 valence electrons. The minimum atomic E-state index is -0.335. The molecule has 2 amide bonds. The molecular weight excluding hydrogens is 410 g/mol. The van der Waals surface area contributed by atoms with Crippen LogP contribution in [0.25, 0.3) is 0 Å². The Morgan fingerprint density at radius 1 is 1.17 bits per heavy atom. The van der Waals surface area contributed by atoms with Gasteiger partial charge in [0, 0.05) is 30.1 Å². The predicted octanol–water partition coefficient (Wildman–Crippen LogP) is 3.37. The number of carbonyl (C=O) groups excluding carboxylic acids is 2. The van der Waals surface area contributed by atoms with Crippen LogP contribution in [0.5, 0.6) is 0 Å². The average molecular weight is 436 g/mol. The van der Waals surface area contributed by atoms with Gasteiger partial charge in [-0.2, -0.15) is 0 Å². The van der Waals surface area contributed by atoms with Crippen LogP contribution in [0.15, 0.2) is 24.3 Å². The molecule has 1 aromatic heterocycles. The maximum absolute atomic E-state index is 12.3. The number of amides is 2. The number of piperidine rings is 1. The van der Waals surface area contributed by atoms with Crippen LogP contribution < -0.4 is 10.6 Å². The molecule has 2 heterocycles. The number of hydrogen-bond donors (Lipinski definition) is 2. The highest BCUT2D eigenvalue weighted by atomic mass is 35.5. The second-order valence-corrected chi connectivity index (χ2v) is 8.57. The van der Waals surface area contributed by atoms with E-state index in [1.165, 1.54) is 43.7 Å². The first kappa shape index (κ1) is 21.7. The fourth-order valence-corrected chi connectivity index (χ4v) is 4.14. The monoisotopic (exact) mass is 435 g/mol. The van der Waals surface area contributed by atoms with Crippen LogP contribution in [0.1, 0.15) is 46.9 Å². The number of aromatic nitrogens is 2. The third-order valence-corrected chi connectivity index (χ3v) is 5.95. The molecule has 0 unspecified atom stereocenters. The summed E-state index contributed by atoms with van der Waals surface area (Å²) >= 11 is 7.12. The van der Waals surface area contributed by atoms with Gasteiger partial charge in [0.15, 0.2) is 0 Å². The Morgan fingerprint density at radius 3 is 2.79 bits per heavy atom. The van der Waals surface area contributed by atoms with Gasteiger partial charge in [-0.05, 0) is 57.1 Å². The lowest BCUT2D eigenvalue weighted by atomic mass is 10.1. The van der Waals surface area contributed by atoms with Crippen molar-refractivity contribution in [3.63, 3.8) is 0 Å². The number of nitrogens with zero attached hydrogens (tertiary/aromatic N) is 3. The summed E-state index contributed by atoms with van der Waals surface area (Å²) in [4.78, 5) is 26.7. The maximum atomic E-state index is 12.3. The third kappa shape index (κ3) is 7.38. The smallest absolute Gasteiger partial charge is 0.286 e. The fourth-order valence-electron chi connectivity index (χ4n) is 3.22. The zero-order valence-corrected chi connectivity index (χ0v) is 17.9. The quantitative estimate of drug-likeness (QED) is 0.589. The number of carbonyl (C=O) groups is 2. The van der Waals surface area contributed by atoms with Gasteiger partial charge >= 0.3 is 0 Å². The number of rotatable bonds is 9. The number of anilines is 1. The highest BCUT2D eigenvalue weighted by Crippen LogP contribution is 2.17. The lowest BCUT2D eigenvalue weighted by Gasteiger charge is -2.26. The van der Waals surface area contributed by atoms with E-state index in [4.69, 9.17) is 11.6 Å². The SMILES string of the molecule is O=C(CCc1nnc(C(=O)Nc2cccc(Cl)c2)s1)NCCCN1CCCCC1. The van der Waals surface area contributed by atoms with E-state index < -0.39 is 0 Å². The van der Waals surface area contributed by atoms with Crippen LogP contribution in [-0.4, -0.2) is 53.1 Å². The van der Waals surface area contributed by atoms with Gasteiger partial charge in [0.1, 0.15) is 5.01 Å². The van der Waals surface area contributed by atoms with Gasteiger partial charge in [0.05, 0.1) is 0 Å². The highest BCUT2D eigenvalue weighted by Gasteiger charge is 2.14. The van der Waals surface area contributed by atoms with E-state index in [-0.39, 0.29) is 16.8 Å². The van der Waals surface area contributed by atoms with Crippen molar-refractivity contribution in [2.24, 2.45) is 0 Å². The molecule has 0 saturated carbocycles. The van der Waals surface area contributed by atoms with E-state index in [2.05, 4.69) is 25.7 Å². The number of halogens is 1. The summed E-state index contributed by atoms with van der Waals surface area (Å²) in [6, 6.07) is 6.91. The Balaban J connectivity index is 1.35. The van der Waals surface area contributed by atoms with E-state index in [9.17, 15) is 9.59 Å². The fraction of sp³-hybridized carbons (Fsp3) is 0.500. The summed E-state index contributed by atoms with van der Waals surface area (Å²) in [5.41, 5.74) is 0.600. The summed E-state index contributed by atoms with van der Waals surface area (Å²) in [7, 11) is 0. The minimum absolute atomic E-state index is 0.00349. The highest BCUT2D eigenvalue weighted by molar-refractivity contribution is 7.13. The normalized spacial score (nSPS) is 14.5. The molecule has 29 heavy (non-hydrogen) atoms. The van der Waals surface area contributed by atoms with Crippen molar-refractivity contribution in [2.45, 2.75) is 38.5 Å². The maximum Gasteiger partial charge on any atom is 0.286 e. The Kier molecular flexibility index (Phi) is 8.39. The molecule has 7 nitrogen and oxygen atoms in total. The minimum Gasteiger partial charge on any atom is -0.356 e. The van der Waals surface area contributed by atoms with Crippen LogP contribution in [0.4, 0.5) is 5.69 Å². The molecule has 1 aliphatic heterocycles. The van der Waals surface area contributed by atoms with Crippen molar-refractivity contribution in [1.82, 2.24) is 20.4 Å². The van der Waals surface area contributed by atoms with Crippen molar-refractivity contribution in [3.05, 3.63) is 39.3 Å². The number of likely N-dealkylation sites (tertiary alicyclic amines) is 1. The van der Waals surface area contributed by atoms with Crippen molar-refractivity contribution in [1.29, 1.82) is 0 Å². The Morgan fingerprint density at radius 2 is 2.00 bits per heavy atom. The van der Waals surface area contributed by atoms with Crippen LogP contribution in [0.2, 0.25) is 5.02 Å². The second-order valence-electron chi connectivity index (χ2n) is 7.07. The lowest BCUT2D eigenvalue weighted by molar-refractivity contribution is -0.121. The molecule has 3 rings (SSSR count). The second kappa shape index (κ2) is 11.2. The molecule has 1 aromatic carbocycles. The van der Waals surface area contributed by atoms with Gasteiger partial charge in [0.2, 0.25) is 10.9 Å². The van der Waals surface area contributed by atoms with Crippen LogP contribution in [0, 0.1) is 0 Å². The van der Waals surface area contributed by atoms with Gasteiger partial charge in [-0.3, -0.25) is 9.59 Å². The molecular formula is C20H26ClN5O2S. The Hall–Kier alpha value is -2.03. The molecule has 2 N–H and O–H groups in total. The van der Waals surface area contributed by atoms with E-state index >= 15 is 0 Å². The molecule has 0 spiro atoms. The zero-order chi connectivity index (χ0) is 20.5. The van der Waals surface area contributed by atoms with Crippen molar-refractivity contribution >= 4 is 40.4 Å². The number of aryl methyl sites for hydroxylation is 1. The van der Waals surface area contributed by atoms with Crippen molar-refractivity contribution in [3.8, 4) is 0 Å². The molecule has 0 radical (unpaired) electrons. The first-order valence-electron chi connectivity index (χ1n) is 9.98. The van der Waals surface area contributed by atoms with Crippen molar-refractivity contribution in [2.75, 3.05) is 31.5 Å². The molecule has 0 atom stereocenters. The van der Waals surface area contributed by atoms with Crippen LogP contribution in [-0.2, 0) is 11.2 Å². The molecule has 1 fully saturated rings. The molecule has 9 heteroatoms. The molecule has 1 aliphatic rings. The zero-order valence-electron chi connectivity index (χ0n) is 16.3. The summed E-state index contributed by atoms with van der Waals surface area (Å²) in [6.07, 6.45) is 5.69. The van der Waals surface area contributed by atoms with E-state index in [1.54, 1.807) is 24.3 Å². The summed E-state index contributed by atoms with van der Waals surface area (Å²) in [5.74, 6) is -0.332. The predicted molar refractivity (Wildman–Crippen MR) is 116 cm³/mol. The molecule has 0 bridgehead atoms. The van der Waals surface area contributed by atoms with Crippen LogP contribution in [0.3, 0.4) is 0 Å². The topological polar surface area (TPSA) is 87.2 Å². The van der Waals surface area contributed by atoms with E-state index in [0.29, 0.717) is 35.1 Å². The lowest BCUT2D eigenvalue weighted by Crippen LogP contribution is -2.33. The first-order chi connectivity index (χ1) is 14.1. The van der Waals surface area contributed by atoms with E-state index in [0.717, 1.165) is 13.0 Å². The van der Waals surface area contributed by atoms with Gasteiger partial charge in [-0.25, -0.2) is 0 Å². The number of nitrogens with one attached hydrogen (secondary N) is 2. The van der Waals surface area contributed by atoms with Gasteiger partial charge < -0.3 is 15.5 Å². The molecule has 0 aliphatic carbocycles.